The van der Waals surface area contributed by atoms with Crippen LogP contribution in [0.25, 0.3) is 21.5 Å². The minimum atomic E-state index is 1.15. The molecule has 4 rings (SSSR count). The first kappa shape index (κ1) is 7.47. The van der Waals surface area contributed by atoms with Crippen molar-refractivity contribution in [3.63, 3.8) is 0 Å². The Balaban J connectivity index is 2.34. The fraction of sp³-hybridized carbons (Fsp3) is 0.0667. The molecule has 0 radical (unpaired) electrons. The molecule has 0 unspecified atom stereocenters. The molecule has 15 heavy (non-hydrogen) atoms. The van der Waals surface area contributed by atoms with Crippen LogP contribution in [0.2, 0.25) is 0 Å². The zero-order valence-electron chi connectivity index (χ0n) is 8.33. The highest BCUT2D eigenvalue weighted by molar-refractivity contribution is 6.07. The Bertz CT molecular complexity index is 669. The molecule has 0 aromatic heterocycles. The van der Waals surface area contributed by atoms with Gasteiger partial charge in [-0.1, -0.05) is 42.5 Å². The summed E-state index contributed by atoms with van der Waals surface area (Å²) >= 11 is 0. The van der Waals surface area contributed by atoms with Gasteiger partial charge in [-0.2, -0.15) is 0 Å². The SMILES string of the molecule is c1ccc2c3c4c(cccc4cc2c1)C3. The Kier molecular flexibility index (Phi) is 1.20. The van der Waals surface area contributed by atoms with Crippen LogP contribution >= 0.6 is 0 Å². The Morgan fingerprint density at radius 3 is 2.67 bits per heavy atom. The van der Waals surface area contributed by atoms with Crippen LogP contribution in [0.3, 0.4) is 0 Å². The van der Waals surface area contributed by atoms with E-state index in [1.54, 1.807) is 5.56 Å². The third-order valence-corrected chi connectivity index (χ3v) is 3.45. The van der Waals surface area contributed by atoms with E-state index in [4.69, 9.17) is 0 Å². The first-order valence-electron chi connectivity index (χ1n) is 5.36. The molecule has 3 aromatic rings. The van der Waals surface area contributed by atoms with Crippen molar-refractivity contribution in [1.82, 2.24) is 0 Å². The Morgan fingerprint density at radius 1 is 0.800 bits per heavy atom. The molecule has 1 aliphatic carbocycles. The van der Waals surface area contributed by atoms with Gasteiger partial charge in [0, 0.05) is 0 Å². The van der Waals surface area contributed by atoms with Gasteiger partial charge < -0.3 is 0 Å². The highest BCUT2D eigenvalue weighted by Gasteiger charge is 2.18. The van der Waals surface area contributed by atoms with Crippen molar-refractivity contribution in [3.05, 3.63) is 59.7 Å². The van der Waals surface area contributed by atoms with Crippen molar-refractivity contribution in [3.8, 4) is 0 Å². The predicted molar refractivity (Wildman–Crippen MR) is 64.3 cm³/mol. The topological polar surface area (TPSA) is 0 Å². The van der Waals surface area contributed by atoms with E-state index in [9.17, 15) is 0 Å². The van der Waals surface area contributed by atoms with Gasteiger partial charge in [-0.25, -0.2) is 0 Å². The maximum Gasteiger partial charge on any atom is -0.000708 e. The standard InChI is InChI=1S/C15H10/c1-2-7-13-10(4-1)8-11-5-3-6-12-9-14(13)15(11)12/h1-8H,9H2. The molecular weight excluding hydrogens is 180 g/mol. The summed E-state index contributed by atoms with van der Waals surface area (Å²) in [5.41, 5.74) is 3.05. The fourth-order valence-corrected chi connectivity index (χ4v) is 2.72. The molecule has 0 saturated carbocycles. The van der Waals surface area contributed by atoms with E-state index in [-0.39, 0.29) is 0 Å². The predicted octanol–water partition coefficient (Wildman–Crippen LogP) is 3.90. The first-order valence-corrected chi connectivity index (χ1v) is 5.36. The molecule has 0 aliphatic heterocycles. The normalized spacial score (nSPS) is 13.1. The third-order valence-electron chi connectivity index (χ3n) is 3.45. The second-order valence-electron chi connectivity index (χ2n) is 4.27. The lowest BCUT2D eigenvalue weighted by Gasteiger charge is -2.22. The molecule has 0 amide bonds. The Hall–Kier alpha value is -1.82. The fourth-order valence-electron chi connectivity index (χ4n) is 2.72. The van der Waals surface area contributed by atoms with Gasteiger partial charge in [0.15, 0.2) is 0 Å². The third kappa shape index (κ3) is 0.822. The van der Waals surface area contributed by atoms with Gasteiger partial charge in [0.2, 0.25) is 0 Å². The molecule has 1 aliphatic rings. The van der Waals surface area contributed by atoms with Crippen LogP contribution in [-0.2, 0) is 6.42 Å². The zero-order valence-corrected chi connectivity index (χ0v) is 8.33. The van der Waals surface area contributed by atoms with Gasteiger partial charge in [0.05, 0.1) is 0 Å². The molecule has 0 atom stereocenters. The lowest BCUT2D eigenvalue weighted by atomic mass is 9.81. The van der Waals surface area contributed by atoms with Crippen LogP contribution in [0.5, 0.6) is 0 Å². The van der Waals surface area contributed by atoms with Crippen molar-refractivity contribution in [2.75, 3.05) is 0 Å². The number of hydrogen-bond donors (Lipinski definition) is 0. The number of fused-ring (bicyclic) bond motifs is 2. The summed E-state index contributed by atoms with van der Waals surface area (Å²) in [6.07, 6.45) is 1.15. The summed E-state index contributed by atoms with van der Waals surface area (Å²) in [5.74, 6) is 0. The van der Waals surface area contributed by atoms with E-state index in [0.29, 0.717) is 0 Å². The summed E-state index contributed by atoms with van der Waals surface area (Å²) in [6.45, 7) is 0. The molecule has 0 spiro atoms. The van der Waals surface area contributed by atoms with Crippen molar-refractivity contribution >= 4 is 21.5 Å². The molecule has 3 aromatic carbocycles. The van der Waals surface area contributed by atoms with E-state index >= 15 is 0 Å². The summed E-state index contributed by atoms with van der Waals surface area (Å²) in [6, 6.07) is 17.6. The minimum absolute atomic E-state index is 1.15. The molecule has 0 bridgehead atoms. The zero-order chi connectivity index (χ0) is 9.83. The van der Waals surface area contributed by atoms with Gasteiger partial charge in [0.25, 0.3) is 0 Å². The second kappa shape index (κ2) is 2.40. The summed E-state index contributed by atoms with van der Waals surface area (Å²) in [7, 11) is 0. The van der Waals surface area contributed by atoms with Crippen LogP contribution in [0.15, 0.2) is 48.5 Å². The first-order chi connectivity index (χ1) is 7.43. The Labute approximate surface area is 88.2 Å². The van der Waals surface area contributed by atoms with Gasteiger partial charge in [-0.3, -0.25) is 0 Å². The van der Waals surface area contributed by atoms with Gasteiger partial charge in [-0.15, -0.1) is 0 Å². The molecule has 0 fully saturated rings. The van der Waals surface area contributed by atoms with Gasteiger partial charge >= 0.3 is 0 Å². The van der Waals surface area contributed by atoms with Crippen LogP contribution < -0.4 is 0 Å². The maximum atomic E-state index is 2.30. The molecule has 0 heterocycles. The van der Waals surface area contributed by atoms with Crippen molar-refractivity contribution in [1.29, 1.82) is 0 Å². The quantitative estimate of drug-likeness (QED) is 0.369. The van der Waals surface area contributed by atoms with Gasteiger partial charge in [0.1, 0.15) is 0 Å². The van der Waals surface area contributed by atoms with Crippen LogP contribution in [-0.4, -0.2) is 0 Å². The summed E-state index contributed by atoms with van der Waals surface area (Å²) < 4.78 is 0. The largest absolute Gasteiger partial charge is 0.0616 e. The molecule has 0 nitrogen and oxygen atoms in total. The van der Waals surface area contributed by atoms with E-state index in [2.05, 4.69) is 48.5 Å². The van der Waals surface area contributed by atoms with Gasteiger partial charge in [-0.05, 0) is 45.2 Å². The van der Waals surface area contributed by atoms with Crippen LogP contribution in [0, 0.1) is 0 Å². The number of hydrogen-bond acceptors (Lipinski definition) is 0. The average molecular weight is 190 g/mol. The number of benzene rings is 3. The molecule has 0 saturated heterocycles. The van der Waals surface area contributed by atoms with Crippen molar-refractivity contribution in [2.45, 2.75) is 6.42 Å². The molecular formula is C15H10. The van der Waals surface area contributed by atoms with E-state index in [1.165, 1.54) is 27.1 Å². The highest BCUT2D eigenvalue weighted by atomic mass is 14.2. The lowest BCUT2D eigenvalue weighted by Crippen LogP contribution is -2.03. The monoisotopic (exact) mass is 190 g/mol. The number of rotatable bonds is 0. The van der Waals surface area contributed by atoms with Crippen molar-refractivity contribution in [2.24, 2.45) is 0 Å². The van der Waals surface area contributed by atoms with E-state index in [1.807, 2.05) is 0 Å². The minimum Gasteiger partial charge on any atom is -0.0616 e. The van der Waals surface area contributed by atoms with E-state index in [0.717, 1.165) is 6.42 Å². The molecule has 70 valence electrons. The lowest BCUT2D eigenvalue weighted by molar-refractivity contribution is 1.18. The second-order valence-corrected chi connectivity index (χ2v) is 4.27. The Morgan fingerprint density at radius 2 is 1.67 bits per heavy atom. The van der Waals surface area contributed by atoms with Crippen molar-refractivity contribution < 1.29 is 0 Å². The van der Waals surface area contributed by atoms with E-state index < -0.39 is 0 Å². The molecule has 0 heteroatoms. The average Bonchev–Trinajstić information content (AvgIpc) is 2.24. The highest BCUT2D eigenvalue weighted by Crippen LogP contribution is 2.39. The van der Waals surface area contributed by atoms with Crippen LogP contribution in [0.1, 0.15) is 11.1 Å². The maximum absolute atomic E-state index is 2.30. The smallest absolute Gasteiger partial charge is 0.000708 e. The van der Waals surface area contributed by atoms with Crippen LogP contribution in [0.4, 0.5) is 0 Å². The molecule has 0 N–H and O–H groups in total. The summed E-state index contributed by atoms with van der Waals surface area (Å²) in [4.78, 5) is 0. The summed E-state index contributed by atoms with van der Waals surface area (Å²) in [5, 5.41) is 5.70.